The molecule has 2 nitrogen and oxygen atoms in total. The summed E-state index contributed by atoms with van der Waals surface area (Å²) in [6.45, 7) is 2.47. The molecule has 1 unspecified atom stereocenters. The van der Waals surface area contributed by atoms with Crippen molar-refractivity contribution in [3.05, 3.63) is 63.6 Å². The van der Waals surface area contributed by atoms with Crippen LogP contribution < -0.4 is 10.1 Å². The van der Waals surface area contributed by atoms with Crippen molar-refractivity contribution in [2.45, 2.75) is 19.5 Å². The van der Waals surface area contributed by atoms with Crippen LogP contribution in [0.1, 0.15) is 24.1 Å². The van der Waals surface area contributed by atoms with E-state index in [4.69, 9.17) is 4.74 Å². The number of hydrogen-bond donors (Lipinski definition) is 1. The zero-order chi connectivity index (χ0) is 15.4. The SMILES string of the molecule is COc1ccc(C(C)NCc2ccc(F)c(F)c2)cc1Br. The number of benzene rings is 2. The molecule has 0 radical (unpaired) electrons. The molecule has 0 aliphatic rings. The number of halogens is 3. The fourth-order valence-electron chi connectivity index (χ4n) is 1.99. The topological polar surface area (TPSA) is 21.3 Å². The molecule has 1 N–H and O–H groups in total. The number of rotatable bonds is 5. The van der Waals surface area contributed by atoms with E-state index < -0.39 is 11.6 Å². The largest absolute Gasteiger partial charge is 0.496 e. The Labute approximate surface area is 131 Å². The third-order valence-electron chi connectivity index (χ3n) is 3.27. The van der Waals surface area contributed by atoms with Gasteiger partial charge in [0.2, 0.25) is 0 Å². The molecule has 0 aliphatic carbocycles. The predicted molar refractivity (Wildman–Crippen MR) is 82.3 cm³/mol. The Morgan fingerprint density at radius 2 is 1.90 bits per heavy atom. The second kappa shape index (κ2) is 7.00. The van der Waals surface area contributed by atoms with E-state index in [0.717, 1.165) is 21.9 Å². The molecule has 0 fully saturated rings. The van der Waals surface area contributed by atoms with E-state index in [2.05, 4.69) is 21.2 Å². The lowest BCUT2D eigenvalue weighted by Gasteiger charge is -2.16. The first-order valence-electron chi connectivity index (χ1n) is 6.52. The summed E-state index contributed by atoms with van der Waals surface area (Å²) in [7, 11) is 1.62. The summed E-state index contributed by atoms with van der Waals surface area (Å²) in [5.41, 5.74) is 1.78. The van der Waals surface area contributed by atoms with Crippen molar-refractivity contribution < 1.29 is 13.5 Å². The Morgan fingerprint density at radius 1 is 1.14 bits per heavy atom. The molecule has 0 bridgehead atoms. The molecular formula is C16H16BrF2NO. The quantitative estimate of drug-likeness (QED) is 0.846. The molecule has 2 aromatic carbocycles. The van der Waals surface area contributed by atoms with Gasteiger partial charge in [0.25, 0.3) is 0 Å². The van der Waals surface area contributed by atoms with Crippen molar-refractivity contribution in [2.75, 3.05) is 7.11 Å². The maximum atomic E-state index is 13.1. The lowest BCUT2D eigenvalue weighted by atomic mass is 10.1. The first kappa shape index (κ1) is 15.9. The average molecular weight is 356 g/mol. The van der Waals surface area contributed by atoms with Gasteiger partial charge in [-0.15, -0.1) is 0 Å². The molecule has 0 saturated heterocycles. The molecule has 5 heteroatoms. The maximum absolute atomic E-state index is 13.1. The molecule has 0 heterocycles. The standard InChI is InChI=1S/C16H16BrF2NO/c1-10(12-4-6-16(21-2)13(17)8-12)20-9-11-3-5-14(18)15(19)7-11/h3-8,10,20H,9H2,1-2H3. The Hall–Kier alpha value is -1.46. The van der Waals surface area contributed by atoms with Gasteiger partial charge in [0.1, 0.15) is 5.75 Å². The summed E-state index contributed by atoms with van der Waals surface area (Å²) in [5, 5.41) is 3.28. The van der Waals surface area contributed by atoms with Crippen LogP contribution in [-0.4, -0.2) is 7.11 Å². The van der Waals surface area contributed by atoms with Gasteiger partial charge in [-0.25, -0.2) is 8.78 Å². The highest BCUT2D eigenvalue weighted by molar-refractivity contribution is 9.10. The van der Waals surface area contributed by atoms with Crippen LogP contribution in [-0.2, 0) is 6.54 Å². The Balaban J connectivity index is 2.02. The third kappa shape index (κ3) is 4.02. The lowest BCUT2D eigenvalue weighted by Crippen LogP contribution is -2.18. The highest BCUT2D eigenvalue weighted by Gasteiger charge is 2.09. The van der Waals surface area contributed by atoms with Crippen molar-refractivity contribution in [2.24, 2.45) is 0 Å². The van der Waals surface area contributed by atoms with E-state index in [0.29, 0.717) is 12.1 Å². The zero-order valence-electron chi connectivity index (χ0n) is 11.8. The van der Waals surface area contributed by atoms with Crippen molar-refractivity contribution in [1.29, 1.82) is 0 Å². The van der Waals surface area contributed by atoms with Crippen molar-refractivity contribution in [1.82, 2.24) is 5.32 Å². The van der Waals surface area contributed by atoms with Gasteiger partial charge in [-0.2, -0.15) is 0 Å². The maximum Gasteiger partial charge on any atom is 0.159 e. The van der Waals surface area contributed by atoms with Crippen LogP contribution in [0.2, 0.25) is 0 Å². The molecule has 2 rings (SSSR count). The van der Waals surface area contributed by atoms with Crippen LogP contribution in [0.15, 0.2) is 40.9 Å². The normalized spacial score (nSPS) is 12.2. The summed E-state index contributed by atoms with van der Waals surface area (Å²) in [6.07, 6.45) is 0. The van der Waals surface area contributed by atoms with Crippen LogP contribution in [0.4, 0.5) is 8.78 Å². The van der Waals surface area contributed by atoms with Crippen molar-refractivity contribution in [3.63, 3.8) is 0 Å². The fourth-order valence-corrected chi connectivity index (χ4v) is 2.55. The van der Waals surface area contributed by atoms with Gasteiger partial charge in [-0.3, -0.25) is 0 Å². The predicted octanol–water partition coefficient (Wildman–Crippen LogP) is 4.59. The van der Waals surface area contributed by atoms with Crippen LogP contribution in [0.3, 0.4) is 0 Å². The molecule has 0 saturated carbocycles. The Morgan fingerprint density at radius 3 is 2.52 bits per heavy atom. The van der Waals surface area contributed by atoms with E-state index >= 15 is 0 Å². The van der Waals surface area contributed by atoms with Gasteiger partial charge < -0.3 is 10.1 Å². The smallest absolute Gasteiger partial charge is 0.159 e. The van der Waals surface area contributed by atoms with Crippen molar-refractivity contribution in [3.8, 4) is 5.75 Å². The second-order valence-electron chi connectivity index (χ2n) is 4.75. The minimum absolute atomic E-state index is 0.0697. The van der Waals surface area contributed by atoms with E-state index in [1.165, 1.54) is 6.07 Å². The highest BCUT2D eigenvalue weighted by Crippen LogP contribution is 2.28. The molecule has 21 heavy (non-hydrogen) atoms. The molecule has 0 spiro atoms. The molecule has 0 aromatic heterocycles. The first-order chi connectivity index (χ1) is 10.0. The Bertz CT molecular complexity index is 634. The van der Waals surface area contributed by atoms with E-state index in [9.17, 15) is 8.78 Å². The van der Waals surface area contributed by atoms with E-state index in [-0.39, 0.29) is 6.04 Å². The number of methoxy groups -OCH3 is 1. The van der Waals surface area contributed by atoms with Crippen LogP contribution in [0, 0.1) is 11.6 Å². The summed E-state index contributed by atoms with van der Waals surface area (Å²) in [4.78, 5) is 0. The minimum Gasteiger partial charge on any atom is -0.496 e. The van der Waals surface area contributed by atoms with Crippen LogP contribution >= 0.6 is 15.9 Å². The van der Waals surface area contributed by atoms with Gasteiger partial charge in [-0.05, 0) is 58.2 Å². The van der Waals surface area contributed by atoms with E-state index in [1.807, 2.05) is 25.1 Å². The van der Waals surface area contributed by atoms with Crippen LogP contribution in [0.5, 0.6) is 5.75 Å². The third-order valence-corrected chi connectivity index (χ3v) is 3.89. The van der Waals surface area contributed by atoms with Gasteiger partial charge in [-0.1, -0.05) is 12.1 Å². The fraction of sp³-hybridized carbons (Fsp3) is 0.250. The van der Waals surface area contributed by atoms with Crippen LogP contribution in [0.25, 0.3) is 0 Å². The van der Waals surface area contributed by atoms with Crippen molar-refractivity contribution >= 4 is 15.9 Å². The highest BCUT2D eigenvalue weighted by atomic mass is 79.9. The lowest BCUT2D eigenvalue weighted by molar-refractivity contribution is 0.411. The molecule has 1 atom stereocenters. The number of ether oxygens (including phenoxy) is 1. The summed E-state index contributed by atoms with van der Waals surface area (Å²) >= 11 is 3.45. The van der Waals surface area contributed by atoms with Gasteiger partial charge >= 0.3 is 0 Å². The summed E-state index contributed by atoms with van der Waals surface area (Å²) in [6, 6.07) is 9.81. The monoisotopic (exact) mass is 355 g/mol. The Kier molecular flexibility index (Phi) is 5.31. The van der Waals surface area contributed by atoms with Gasteiger partial charge in [0, 0.05) is 12.6 Å². The summed E-state index contributed by atoms with van der Waals surface area (Å²) in [5.74, 6) is -0.883. The zero-order valence-corrected chi connectivity index (χ0v) is 13.4. The minimum atomic E-state index is -0.828. The number of hydrogen-bond acceptors (Lipinski definition) is 2. The molecule has 2 aromatic rings. The summed E-state index contributed by atoms with van der Waals surface area (Å²) < 4.78 is 32.1. The van der Waals surface area contributed by atoms with Gasteiger partial charge in [0.15, 0.2) is 11.6 Å². The first-order valence-corrected chi connectivity index (χ1v) is 7.31. The molecular weight excluding hydrogens is 340 g/mol. The average Bonchev–Trinajstić information content (AvgIpc) is 2.48. The molecule has 112 valence electrons. The second-order valence-corrected chi connectivity index (χ2v) is 5.60. The van der Waals surface area contributed by atoms with E-state index in [1.54, 1.807) is 13.2 Å². The molecule has 0 aliphatic heterocycles. The number of nitrogens with one attached hydrogen (secondary N) is 1. The molecule has 0 amide bonds. The van der Waals surface area contributed by atoms with Gasteiger partial charge in [0.05, 0.1) is 11.6 Å².